The molecule has 18 heavy (non-hydrogen) atoms. The highest BCUT2D eigenvalue weighted by Crippen LogP contribution is 2.21. The second kappa shape index (κ2) is 5.54. The van der Waals surface area contributed by atoms with Crippen LogP contribution in [0.1, 0.15) is 28.4 Å². The third kappa shape index (κ3) is 3.01. The fourth-order valence-electron chi connectivity index (χ4n) is 1.39. The van der Waals surface area contributed by atoms with Crippen molar-refractivity contribution >= 4 is 11.9 Å². The Labute approximate surface area is 101 Å². The number of halogens is 2. The summed E-state index contributed by atoms with van der Waals surface area (Å²) in [5.41, 5.74) is 4.90. The summed E-state index contributed by atoms with van der Waals surface area (Å²) in [6.45, 7) is 0. The van der Waals surface area contributed by atoms with E-state index in [4.69, 9.17) is 10.8 Å². The van der Waals surface area contributed by atoms with Gasteiger partial charge in [-0.05, 0) is 17.7 Å². The maximum Gasteiger partial charge on any atom is 0.340 e. The molecule has 0 fully saturated rings. The van der Waals surface area contributed by atoms with Gasteiger partial charge in [-0.2, -0.15) is 0 Å². The zero-order valence-corrected chi connectivity index (χ0v) is 9.44. The molecule has 0 heterocycles. The molecule has 1 rings (SSSR count). The minimum absolute atomic E-state index is 0.0108. The maximum atomic E-state index is 13.3. The lowest BCUT2D eigenvalue weighted by Gasteiger charge is -2.11. The Kier molecular flexibility index (Phi) is 4.33. The Morgan fingerprint density at radius 1 is 1.44 bits per heavy atom. The van der Waals surface area contributed by atoms with Gasteiger partial charge in [0, 0.05) is 6.04 Å². The Bertz CT molecular complexity index is 490. The van der Waals surface area contributed by atoms with Gasteiger partial charge in [0.2, 0.25) is 0 Å². The molecule has 0 aliphatic heterocycles. The van der Waals surface area contributed by atoms with Crippen LogP contribution in [0.5, 0.6) is 0 Å². The number of aliphatic carboxylic acids is 1. The number of benzene rings is 1. The summed E-state index contributed by atoms with van der Waals surface area (Å²) >= 11 is 0. The van der Waals surface area contributed by atoms with Gasteiger partial charge in [-0.1, -0.05) is 0 Å². The Balaban J connectivity index is 3.19. The van der Waals surface area contributed by atoms with Crippen LogP contribution in [0.3, 0.4) is 0 Å². The molecule has 5 nitrogen and oxygen atoms in total. The minimum Gasteiger partial charge on any atom is -0.481 e. The summed E-state index contributed by atoms with van der Waals surface area (Å²) in [6, 6.07) is 0.703. The summed E-state index contributed by atoms with van der Waals surface area (Å²) in [7, 11) is 1.02. The third-order valence-electron chi connectivity index (χ3n) is 2.28. The fraction of sp³-hybridized carbons (Fsp3) is 0.273. The van der Waals surface area contributed by atoms with E-state index in [0.29, 0.717) is 0 Å². The first-order valence-electron chi connectivity index (χ1n) is 4.91. The molecule has 1 aromatic rings. The van der Waals surface area contributed by atoms with Gasteiger partial charge in [0.1, 0.15) is 0 Å². The van der Waals surface area contributed by atoms with Gasteiger partial charge in [-0.3, -0.25) is 4.79 Å². The number of carbonyl (C=O) groups excluding carboxylic acids is 1. The number of hydrogen-bond acceptors (Lipinski definition) is 4. The fourth-order valence-corrected chi connectivity index (χ4v) is 1.39. The van der Waals surface area contributed by atoms with Crippen molar-refractivity contribution in [1.82, 2.24) is 0 Å². The maximum absolute atomic E-state index is 13.3. The Hall–Kier alpha value is -2.02. The number of nitrogens with two attached hydrogens (primary N) is 1. The number of methoxy groups -OCH3 is 1. The minimum atomic E-state index is -1.35. The highest BCUT2D eigenvalue weighted by molar-refractivity contribution is 5.90. The smallest absolute Gasteiger partial charge is 0.340 e. The Morgan fingerprint density at radius 3 is 2.56 bits per heavy atom. The van der Waals surface area contributed by atoms with Gasteiger partial charge < -0.3 is 15.6 Å². The molecule has 0 aliphatic carbocycles. The van der Waals surface area contributed by atoms with E-state index < -0.39 is 41.6 Å². The van der Waals surface area contributed by atoms with Crippen LogP contribution in [-0.2, 0) is 9.53 Å². The number of carboxylic acids is 1. The molecule has 0 radical (unpaired) electrons. The summed E-state index contributed by atoms with van der Waals surface area (Å²) < 4.78 is 30.8. The molecular weight excluding hydrogens is 248 g/mol. The molecule has 1 atom stereocenters. The molecule has 0 bridgehead atoms. The molecule has 1 unspecified atom stereocenters. The van der Waals surface area contributed by atoms with Crippen LogP contribution in [0.15, 0.2) is 12.1 Å². The van der Waals surface area contributed by atoms with Crippen molar-refractivity contribution < 1.29 is 28.2 Å². The third-order valence-corrected chi connectivity index (χ3v) is 2.28. The van der Waals surface area contributed by atoms with Gasteiger partial charge in [-0.25, -0.2) is 13.6 Å². The standard InChI is InChI=1S/C11H11F2NO4/c1-18-11(17)6-2-5(3-7(12)10(6)13)8(14)4-9(15)16/h2-3,8H,4,14H2,1H3,(H,15,16). The molecule has 0 amide bonds. The molecule has 1 aromatic carbocycles. The summed E-state index contributed by atoms with van der Waals surface area (Å²) in [5, 5.41) is 8.55. The van der Waals surface area contributed by atoms with Gasteiger partial charge in [0.25, 0.3) is 0 Å². The number of carbonyl (C=O) groups is 2. The van der Waals surface area contributed by atoms with Crippen molar-refractivity contribution in [1.29, 1.82) is 0 Å². The monoisotopic (exact) mass is 259 g/mol. The van der Waals surface area contributed by atoms with E-state index in [-0.39, 0.29) is 5.56 Å². The largest absolute Gasteiger partial charge is 0.481 e. The lowest BCUT2D eigenvalue weighted by molar-refractivity contribution is -0.137. The predicted octanol–water partition coefficient (Wildman–Crippen LogP) is 1.23. The van der Waals surface area contributed by atoms with E-state index >= 15 is 0 Å². The first-order chi connectivity index (χ1) is 8.36. The summed E-state index contributed by atoms with van der Waals surface area (Å²) in [6.07, 6.45) is -0.467. The number of rotatable bonds is 4. The Morgan fingerprint density at radius 2 is 2.06 bits per heavy atom. The molecule has 0 aliphatic rings. The average Bonchev–Trinajstić information content (AvgIpc) is 2.30. The van der Waals surface area contributed by atoms with Crippen LogP contribution in [0.2, 0.25) is 0 Å². The lowest BCUT2D eigenvalue weighted by Crippen LogP contribution is -2.17. The molecule has 3 N–H and O–H groups in total. The van der Waals surface area contributed by atoms with Crippen LogP contribution in [-0.4, -0.2) is 24.2 Å². The van der Waals surface area contributed by atoms with Crippen molar-refractivity contribution in [3.8, 4) is 0 Å². The number of carboxylic acid groups (broad SMARTS) is 1. The first-order valence-corrected chi connectivity index (χ1v) is 4.91. The number of ether oxygens (including phenoxy) is 1. The SMILES string of the molecule is COC(=O)c1cc(C(N)CC(=O)O)cc(F)c1F. The van der Waals surface area contributed by atoms with E-state index in [0.717, 1.165) is 19.2 Å². The van der Waals surface area contributed by atoms with E-state index in [1.165, 1.54) is 0 Å². The van der Waals surface area contributed by atoms with E-state index in [1.807, 2.05) is 0 Å². The van der Waals surface area contributed by atoms with E-state index in [1.54, 1.807) is 0 Å². The molecule has 0 saturated carbocycles. The van der Waals surface area contributed by atoms with Crippen LogP contribution in [0, 0.1) is 11.6 Å². The molecule has 0 saturated heterocycles. The second-order valence-corrected chi connectivity index (χ2v) is 3.56. The quantitative estimate of drug-likeness (QED) is 0.793. The topological polar surface area (TPSA) is 89.6 Å². The van der Waals surface area contributed by atoms with Crippen molar-refractivity contribution in [2.45, 2.75) is 12.5 Å². The average molecular weight is 259 g/mol. The van der Waals surface area contributed by atoms with Crippen LogP contribution < -0.4 is 5.73 Å². The summed E-state index contributed by atoms with van der Waals surface area (Å²) in [5.74, 6) is -4.88. The van der Waals surface area contributed by atoms with E-state index in [9.17, 15) is 18.4 Å². The summed E-state index contributed by atoms with van der Waals surface area (Å²) in [4.78, 5) is 21.7. The molecule has 7 heteroatoms. The van der Waals surface area contributed by atoms with Crippen molar-refractivity contribution in [3.05, 3.63) is 34.9 Å². The molecule has 98 valence electrons. The van der Waals surface area contributed by atoms with Gasteiger partial charge in [0.15, 0.2) is 11.6 Å². The normalized spacial score (nSPS) is 12.0. The van der Waals surface area contributed by atoms with Crippen molar-refractivity contribution in [3.63, 3.8) is 0 Å². The highest BCUT2D eigenvalue weighted by atomic mass is 19.2. The van der Waals surface area contributed by atoms with E-state index in [2.05, 4.69) is 4.74 Å². The number of esters is 1. The van der Waals surface area contributed by atoms with Crippen LogP contribution in [0.25, 0.3) is 0 Å². The van der Waals surface area contributed by atoms with Crippen molar-refractivity contribution in [2.24, 2.45) is 5.73 Å². The molecule has 0 spiro atoms. The van der Waals surface area contributed by atoms with Gasteiger partial charge in [0.05, 0.1) is 19.1 Å². The van der Waals surface area contributed by atoms with Gasteiger partial charge in [-0.15, -0.1) is 0 Å². The van der Waals surface area contributed by atoms with Crippen LogP contribution >= 0.6 is 0 Å². The first kappa shape index (κ1) is 14.0. The molecule has 0 aromatic heterocycles. The van der Waals surface area contributed by atoms with Crippen molar-refractivity contribution in [2.75, 3.05) is 7.11 Å². The van der Waals surface area contributed by atoms with Crippen LogP contribution in [0.4, 0.5) is 8.78 Å². The molecular formula is C11H11F2NO4. The van der Waals surface area contributed by atoms with Gasteiger partial charge >= 0.3 is 11.9 Å². The predicted molar refractivity (Wildman–Crippen MR) is 56.9 cm³/mol. The lowest BCUT2D eigenvalue weighted by atomic mass is 10.0. The zero-order chi connectivity index (χ0) is 13.9. The number of hydrogen-bond donors (Lipinski definition) is 2. The highest BCUT2D eigenvalue weighted by Gasteiger charge is 2.21. The second-order valence-electron chi connectivity index (χ2n) is 3.56. The zero-order valence-electron chi connectivity index (χ0n) is 9.44.